The second-order valence-electron chi connectivity index (χ2n) is 8.14. The highest BCUT2D eigenvalue weighted by Gasteiger charge is 2.30. The Kier molecular flexibility index (Phi) is 8.27. The van der Waals surface area contributed by atoms with Gasteiger partial charge in [-0.15, -0.1) is 0 Å². The van der Waals surface area contributed by atoms with Crippen LogP contribution in [0.4, 0.5) is 0 Å². The van der Waals surface area contributed by atoms with E-state index in [4.69, 9.17) is 9.47 Å². The molecule has 0 aromatic heterocycles. The van der Waals surface area contributed by atoms with E-state index < -0.39 is 11.6 Å². The van der Waals surface area contributed by atoms with Crippen LogP contribution >= 0.6 is 0 Å². The summed E-state index contributed by atoms with van der Waals surface area (Å²) in [6, 6.07) is 16.1. The summed E-state index contributed by atoms with van der Waals surface area (Å²) in [6.45, 7) is 7.80. The second kappa shape index (κ2) is 10.7. The molecule has 2 aromatic carbocycles. The molecule has 30 heavy (non-hydrogen) atoms. The van der Waals surface area contributed by atoms with Crippen molar-refractivity contribution in [1.29, 1.82) is 0 Å². The maximum Gasteiger partial charge on any atom is 0.261 e. The maximum absolute atomic E-state index is 13.1. The van der Waals surface area contributed by atoms with Gasteiger partial charge in [-0.1, -0.05) is 37.3 Å². The van der Waals surface area contributed by atoms with Gasteiger partial charge in [0, 0.05) is 12.1 Å². The van der Waals surface area contributed by atoms with Crippen molar-refractivity contribution in [2.45, 2.75) is 52.2 Å². The van der Waals surface area contributed by atoms with E-state index in [1.54, 1.807) is 24.1 Å². The number of ether oxygens (including phenoxy) is 2. The molecule has 0 radical (unpaired) electrons. The lowest BCUT2D eigenvalue weighted by Crippen LogP contribution is -2.54. The van der Waals surface area contributed by atoms with E-state index in [1.165, 1.54) is 0 Å². The normalized spacial score (nSPS) is 12.0. The lowest BCUT2D eigenvalue weighted by molar-refractivity contribution is -0.143. The van der Waals surface area contributed by atoms with E-state index in [-0.39, 0.29) is 25.0 Å². The Morgan fingerprint density at radius 3 is 2.30 bits per heavy atom. The molecule has 0 bridgehead atoms. The third-order valence-electron chi connectivity index (χ3n) is 4.48. The zero-order chi connectivity index (χ0) is 22.1. The Morgan fingerprint density at radius 1 is 1.03 bits per heavy atom. The van der Waals surface area contributed by atoms with E-state index in [2.05, 4.69) is 5.32 Å². The molecule has 0 heterocycles. The lowest BCUT2D eigenvalue weighted by atomic mass is 10.1. The highest BCUT2D eigenvalue weighted by atomic mass is 16.5. The molecule has 6 nitrogen and oxygen atoms in total. The molecular weight excluding hydrogens is 380 g/mol. The Morgan fingerprint density at radius 2 is 1.70 bits per heavy atom. The average Bonchev–Trinajstić information content (AvgIpc) is 2.71. The molecule has 0 spiro atoms. The van der Waals surface area contributed by atoms with Gasteiger partial charge in [-0.3, -0.25) is 9.59 Å². The Balaban J connectivity index is 2.24. The number of benzene rings is 2. The molecule has 0 aliphatic rings. The van der Waals surface area contributed by atoms with E-state index in [0.717, 1.165) is 5.56 Å². The van der Waals surface area contributed by atoms with Crippen molar-refractivity contribution in [3.8, 4) is 11.5 Å². The van der Waals surface area contributed by atoms with Crippen LogP contribution in [0.3, 0.4) is 0 Å². The summed E-state index contributed by atoms with van der Waals surface area (Å²) in [5.41, 5.74) is 0.486. The minimum absolute atomic E-state index is 0.146. The average molecular weight is 413 g/mol. The van der Waals surface area contributed by atoms with Gasteiger partial charge in [-0.2, -0.15) is 0 Å². The topological polar surface area (TPSA) is 67.9 Å². The SMILES string of the molecule is CC[C@H](C(=O)NC(C)(C)C)N(Cc1cccc(OC)c1)C(=O)COc1ccccc1. The molecule has 0 fully saturated rings. The molecule has 2 aromatic rings. The predicted molar refractivity (Wildman–Crippen MR) is 117 cm³/mol. The monoisotopic (exact) mass is 412 g/mol. The molecule has 2 amide bonds. The maximum atomic E-state index is 13.1. The summed E-state index contributed by atoms with van der Waals surface area (Å²) >= 11 is 0. The molecular formula is C24H32N2O4. The van der Waals surface area contributed by atoms with Crippen molar-refractivity contribution >= 4 is 11.8 Å². The number of hydrogen-bond donors (Lipinski definition) is 1. The summed E-state index contributed by atoms with van der Waals surface area (Å²) in [6.07, 6.45) is 0.489. The smallest absolute Gasteiger partial charge is 0.261 e. The third-order valence-corrected chi connectivity index (χ3v) is 4.48. The molecule has 6 heteroatoms. The fourth-order valence-electron chi connectivity index (χ4n) is 3.08. The minimum Gasteiger partial charge on any atom is -0.497 e. The minimum atomic E-state index is -0.609. The van der Waals surface area contributed by atoms with Gasteiger partial charge in [0.1, 0.15) is 17.5 Å². The number of amides is 2. The molecule has 162 valence electrons. The molecule has 0 saturated carbocycles. The van der Waals surface area contributed by atoms with Gasteiger partial charge < -0.3 is 19.7 Å². The van der Waals surface area contributed by atoms with Crippen molar-refractivity contribution < 1.29 is 19.1 Å². The van der Waals surface area contributed by atoms with Crippen LogP contribution in [0.2, 0.25) is 0 Å². The van der Waals surface area contributed by atoms with E-state index in [0.29, 0.717) is 17.9 Å². The highest BCUT2D eigenvalue weighted by Crippen LogP contribution is 2.18. The van der Waals surface area contributed by atoms with E-state index >= 15 is 0 Å². The fraction of sp³-hybridized carbons (Fsp3) is 0.417. The van der Waals surface area contributed by atoms with E-state index in [9.17, 15) is 9.59 Å². The van der Waals surface area contributed by atoms with Crippen LogP contribution in [0.15, 0.2) is 54.6 Å². The predicted octanol–water partition coefficient (Wildman–Crippen LogP) is 3.80. The van der Waals surface area contributed by atoms with Crippen molar-refractivity contribution in [2.24, 2.45) is 0 Å². The molecule has 1 N–H and O–H groups in total. The number of hydrogen-bond acceptors (Lipinski definition) is 4. The Hall–Kier alpha value is -3.02. The van der Waals surface area contributed by atoms with E-state index in [1.807, 2.05) is 70.2 Å². The first-order valence-corrected chi connectivity index (χ1v) is 10.2. The van der Waals surface area contributed by atoms with Gasteiger partial charge in [0.25, 0.3) is 5.91 Å². The zero-order valence-corrected chi connectivity index (χ0v) is 18.5. The second-order valence-corrected chi connectivity index (χ2v) is 8.14. The third kappa shape index (κ3) is 7.10. The van der Waals surface area contributed by atoms with Crippen molar-refractivity contribution in [1.82, 2.24) is 10.2 Å². The van der Waals surface area contributed by atoms with Crippen molar-refractivity contribution in [3.63, 3.8) is 0 Å². The number of nitrogens with zero attached hydrogens (tertiary/aromatic N) is 1. The van der Waals surface area contributed by atoms with Gasteiger partial charge in [0.15, 0.2) is 6.61 Å². The van der Waals surface area contributed by atoms with Gasteiger partial charge in [-0.25, -0.2) is 0 Å². The number of methoxy groups -OCH3 is 1. The standard InChI is InChI=1S/C24H32N2O4/c1-6-21(23(28)25-24(2,3)4)26(16-18-11-10-14-20(15-18)29-5)22(27)17-30-19-12-8-7-9-13-19/h7-15,21H,6,16-17H2,1-5H3,(H,25,28)/t21-/m1/s1. The number of carbonyl (C=O) groups excluding carboxylic acids is 2. The number of para-hydroxylation sites is 1. The molecule has 0 aliphatic carbocycles. The van der Waals surface area contributed by atoms with Crippen LogP contribution in [0.5, 0.6) is 11.5 Å². The largest absolute Gasteiger partial charge is 0.497 e. The van der Waals surface area contributed by atoms with Gasteiger partial charge in [0.05, 0.1) is 7.11 Å². The van der Waals surface area contributed by atoms with Crippen LogP contribution in [0.25, 0.3) is 0 Å². The quantitative estimate of drug-likeness (QED) is 0.680. The first-order chi connectivity index (χ1) is 14.2. The van der Waals surface area contributed by atoms with Crippen LogP contribution < -0.4 is 14.8 Å². The molecule has 0 unspecified atom stereocenters. The van der Waals surface area contributed by atoms with Gasteiger partial charge >= 0.3 is 0 Å². The number of rotatable bonds is 9. The Bertz CT molecular complexity index is 831. The zero-order valence-electron chi connectivity index (χ0n) is 18.5. The number of nitrogens with one attached hydrogen (secondary N) is 1. The lowest BCUT2D eigenvalue weighted by Gasteiger charge is -2.33. The molecule has 0 aliphatic heterocycles. The number of carbonyl (C=O) groups is 2. The van der Waals surface area contributed by atoms with Gasteiger partial charge in [-0.05, 0) is 57.0 Å². The first-order valence-electron chi connectivity index (χ1n) is 10.2. The molecule has 2 rings (SSSR count). The molecule has 0 saturated heterocycles. The summed E-state index contributed by atoms with van der Waals surface area (Å²) < 4.78 is 11.0. The van der Waals surface area contributed by atoms with Gasteiger partial charge in [0.2, 0.25) is 5.91 Å². The highest BCUT2D eigenvalue weighted by molar-refractivity contribution is 5.88. The van der Waals surface area contributed by atoms with Crippen LogP contribution in [0.1, 0.15) is 39.7 Å². The fourth-order valence-corrected chi connectivity index (χ4v) is 3.08. The van der Waals surface area contributed by atoms with Crippen molar-refractivity contribution in [3.05, 3.63) is 60.2 Å². The summed E-state index contributed by atoms with van der Waals surface area (Å²) in [5.74, 6) is 0.880. The first kappa shape index (κ1) is 23.3. The van der Waals surface area contributed by atoms with Crippen LogP contribution in [-0.4, -0.2) is 42.0 Å². The molecule has 1 atom stereocenters. The van der Waals surface area contributed by atoms with Crippen LogP contribution in [0, 0.1) is 0 Å². The summed E-state index contributed by atoms with van der Waals surface area (Å²) in [5, 5.41) is 2.99. The van der Waals surface area contributed by atoms with Crippen molar-refractivity contribution in [2.75, 3.05) is 13.7 Å². The summed E-state index contributed by atoms with van der Waals surface area (Å²) in [4.78, 5) is 27.7. The summed E-state index contributed by atoms with van der Waals surface area (Å²) in [7, 11) is 1.60. The van der Waals surface area contributed by atoms with Crippen LogP contribution in [-0.2, 0) is 16.1 Å². The Labute approximate surface area is 179 Å².